The molecule has 0 aliphatic heterocycles. The molecule has 6 heteroatoms. The van der Waals surface area contributed by atoms with E-state index in [1.54, 1.807) is 12.1 Å². The van der Waals surface area contributed by atoms with Crippen LogP contribution in [0.5, 0.6) is 0 Å². The number of carbonyl (C=O) groups is 1. The van der Waals surface area contributed by atoms with Gasteiger partial charge >= 0.3 is 5.97 Å². The third kappa shape index (κ3) is 2.77. The van der Waals surface area contributed by atoms with E-state index in [0.717, 1.165) is 11.3 Å². The third-order valence-electron chi connectivity index (χ3n) is 3.11. The van der Waals surface area contributed by atoms with Crippen LogP contribution >= 0.6 is 11.6 Å². The van der Waals surface area contributed by atoms with Gasteiger partial charge in [0.05, 0.1) is 17.3 Å². The number of carboxylic acid groups (broad SMARTS) is 1. The van der Waals surface area contributed by atoms with Crippen molar-refractivity contribution in [2.45, 2.75) is 26.8 Å². The summed E-state index contributed by atoms with van der Waals surface area (Å²) in [7, 11) is 0. The van der Waals surface area contributed by atoms with Crippen molar-refractivity contribution in [1.82, 2.24) is 5.16 Å². The summed E-state index contributed by atoms with van der Waals surface area (Å²) in [5, 5.41) is 16.7. The first kappa shape index (κ1) is 14.4. The number of aryl methyl sites for hydroxylation is 2. The average molecular weight is 295 g/mol. The molecule has 1 unspecified atom stereocenters. The van der Waals surface area contributed by atoms with Crippen molar-refractivity contribution in [2.75, 3.05) is 5.32 Å². The molecule has 0 bridgehead atoms. The number of hydrogen-bond acceptors (Lipinski definition) is 4. The first-order valence-corrected chi connectivity index (χ1v) is 6.50. The minimum Gasteiger partial charge on any atom is -0.478 e. The molecular formula is C14H15ClN2O3. The van der Waals surface area contributed by atoms with Crippen molar-refractivity contribution in [3.05, 3.63) is 45.8 Å². The molecule has 2 N–H and O–H groups in total. The van der Waals surface area contributed by atoms with Crippen LogP contribution in [-0.2, 0) is 0 Å². The molecule has 0 radical (unpaired) electrons. The summed E-state index contributed by atoms with van der Waals surface area (Å²) in [5.74, 6) is -0.311. The second-order valence-corrected chi connectivity index (χ2v) is 5.04. The summed E-state index contributed by atoms with van der Waals surface area (Å²) in [6.45, 7) is 5.60. The molecule has 1 aromatic carbocycles. The number of anilines is 1. The van der Waals surface area contributed by atoms with Crippen molar-refractivity contribution in [3.8, 4) is 0 Å². The molecule has 1 aromatic heterocycles. The highest BCUT2D eigenvalue weighted by Crippen LogP contribution is 2.28. The smallest absolute Gasteiger partial charge is 0.337 e. The first-order valence-electron chi connectivity index (χ1n) is 6.12. The van der Waals surface area contributed by atoms with Gasteiger partial charge in [0, 0.05) is 16.3 Å². The summed E-state index contributed by atoms with van der Waals surface area (Å²) in [5.41, 5.74) is 2.36. The average Bonchev–Trinajstić information content (AvgIpc) is 2.71. The van der Waals surface area contributed by atoms with E-state index in [1.807, 2.05) is 20.8 Å². The van der Waals surface area contributed by atoms with Crippen molar-refractivity contribution >= 4 is 23.3 Å². The fraction of sp³-hybridized carbons (Fsp3) is 0.286. The predicted molar refractivity (Wildman–Crippen MR) is 76.4 cm³/mol. The second-order valence-electron chi connectivity index (χ2n) is 4.60. The number of benzene rings is 1. The Morgan fingerprint density at radius 2 is 2.15 bits per heavy atom. The maximum Gasteiger partial charge on any atom is 0.337 e. The molecule has 2 aromatic rings. The minimum atomic E-state index is -1.03. The molecule has 0 spiro atoms. The monoisotopic (exact) mass is 294 g/mol. The third-order valence-corrected chi connectivity index (χ3v) is 3.34. The second kappa shape index (κ2) is 5.54. The van der Waals surface area contributed by atoms with E-state index in [-0.39, 0.29) is 11.6 Å². The van der Waals surface area contributed by atoms with Gasteiger partial charge in [-0.05, 0) is 39.0 Å². The van der Waals surface area contributed by atoms with Crippen LogP contribution in [0.3, 0.4) is 0 Å². The fourth-order valence-corrected chi connectivity index (χ4v) is 2.41. The largest absolute Gasteiger partial charge is 0.478 e. The summed E-state index contributed by atoms with van der Waals surface area (Å²) >= 11 is 5.83. The molecule has 0 amide bonds. The highest BCUT2D eigenvalue weighted by Gasteiger charge is 2.19. The standard InChI is InChI=1S/C14H15ClN2O3/c1-7(13-8(2)17-20-9(13)3)16-12-5-4-10(15)6-11(12)14(18)19/h4-7,16H,1-3H3,(H,18,19). The van der Waals surface area contributed by atoms with Crippen LogP contribution in [0, 0.1) is 13.8 Å². The van der Waals surface area contributed by atoms with Gasteiger partial charge in [-0.25, -0.2) is 4.79 Å². The van der Waals surface area contributed by atoms with Gasteiger partial charge in [0.2, 0.25) is 0 Å². The molecule has 1 heterocycles. The van der Waals surface area contributed by atoms with Gasteiger partial charge in [-0.1, -0.05) is 16.8 Å². The Morgan fingerprint density at radius 1 is 1.45 bits per heavy atom. The SMILES string of the molecule is Cc1noc(C)c1C(C)Nc1ccc(Cl)cc1C(=O)O. The molecule has 1 atom stereocenters. The molecule has 5 nitrogen and oxygen atoms in total. The van der Waals surface area contributed by atoms with Crippen LogP contribution in [0.15, 0.2) is 22.7 Å². The van der Waals surface area contributed by atoms with Gasteiger partial charge in [0.25, 0.3) is 0 Å². The van der Waals surface area contributed by atoms with Crippen LogP contribution in [0.4, 0.5) is 5.69 Å². The van der Waals surface area contributed by atoms with Crippen molar-refractivity contribution in [3.63, 3.8) is 0 Å². The lowest BCUT2D eigenvalue weighted by Gasteiger charge is -2.17. The van der Waals surface area contributed by atoms with Gasteiger partial charge in [-0.3, -0.25) is 0 Å². The number of nitrogens with one attached hydrogen (secondary N) is 1. The molecule has 0 saturated heterocycles. The Labute approximate surface area is 121 Å². The van der Waals surface area contributed by atoms with E-state index in [0.29, 0.717) is 16.5 Å². The Balaban J connectivity index is 2.33. The molecule has 0 aliphatic carbocycles. The van der Waals surface area contributed by atoms with Crippen LogP contribution in [0.2, 0.25) is 5.02 Å². The first-order chi connectivity index (χ1) is 9.40. The quantitative estimate of drug-likeness (QED) is 0.896. The number of aromatic nitrogens is 1. The van der Waals surface area contributed by atoms with E-state index in [1.165, 1.54) is 6.07 Å². The van der Waals surface area contributed by atoms with Crippen molar-refractivity contribution in [2.24, 2.45) is 0 Å². The van der Waals surface area contributed by atoms with Gasteiger partial charge in [0.15, 0.2) is 0 Å². The summed E-state index contributed by atoms with van der Waals surface area (Å²) in [4.78, 5) is 11.2. The minimum absolute atomic E-state index is 0.125. The molecule has 106 valence electrons. The Bertz CT molecular complexity index is 632. The van der Waals surface area contributed by atoms with E-state index in [9.17, 15) is 9.90 Å². The lowest BCUT2D eigenvalue weighted by Crippen LogP contribution is -2.12. The topological polar surface area (TPSA) is 75.4 Å². The van der Waals surface area contributed by atoms with Crippen LogP contribution in [0.25, 0.3) is 0 Å². The Kier molecular flexibility index (Phi) is 3.99. The summed E-state index contributed by atoms with van der Waals surface area (Å²) in [6.07, 6.45) is 0. The number of carboxylic acids is 1. The van der Waals surface area contributed by atoms with E-state index < -0.39 is 5.97 Å². The lowest BCUT2D eigenvalue weighted by atomic mass is 10.1. The van der Waals surface area contributed by atoms with E-state index in [2.05, 4.69) is 10.5 Å². The van der Waals surface area contributed by atoms with Crippen molar-refractivity contribution in [1.29, 1.82) is 0 Å². The molecule has 0 fully saturated rings. The van der Waals surface area contributed by atoms with E-state index >= 15 is 0 Å². The molecular weight excluding hydrogens is 280 g/mol. The lowest BCUT2D eigenvalue weighted by molar-refractivity contribution is 0.0698. The zero-order valence-corrected chi connectivity index (χ0v) is 12.2. The number of hydrogen-bond donors (Lipinski definition) is 2. The van der Waals surface area contributed by atoms with E-state index in [4.69, 9.17) is 16.1 Å². The van der Waals surface area contributed by atoms with Crippen LogP contribution < -0.4 is 5.32 Å². The number of nitrogens with zero attached hydrogens (tertiary/aromatic N) is 1. The highest BCUT2D eigenvalue weighted by molar-refractivity contribution is 6.31. The van der Waals surface area contributed by atoms with Crippen molar-refractivity contribution < 1.29 is 14.4 Å². The van der Waals surface area contributed by atoms with Crippen LogP contribution in [-0.4, -0.2) is 16.2 Å². The predicted octanol–water partition coefficient (Wildman–Crippen LogP) is 3.82. The number of halogens is 1. The summed E-state index contributed by atoms with van der Waals surface area (Å²) in [6, 6.07) is 4.60. The van der Waals surface area contributed by atoms with Crippen LogP contribution in [0.1, 0.15) is 40.3 Å². The molecule has 20 heavy (non-hydrogen) atoms. The molecule has 0 aliphatic rings. The van der Waals surface area contributed by atoms with Gasteiger partial charge < -0.3 is 14.9 Å². The van der Waals surface area contributed by atoms with Gasteiger partial charge in [-0.2, -0.15) is 0 Å². The summed E-state index contributed by atoms with van der Waals surface area (Å²) < 4.78 is 5.12. The maximum atomic E-state index is 11.2. The zero-order valence-electron chi connectivity index (χ0n) is 11.4. The van der Waals surface area contributed by atoms with Gasteiger partial charge in [0.1, 0.15) is 5.76 Å². The Hall–Kier alpha value is -2.01. The van der Waals surface area contributed by atoms with Gasteiger partial charge in [-0.15, -0.1) is 0 Å². The fourth-order valence-electron chi connectivity index (χ4n) is 2.23. The zero-order chi connectivity index (χ0) is 14.9. The highest BCUT2D eigenvalue weighted by atomic mass is 35.5. The normalized spacial score (nSPS) is 12.2. The maximum absolute atomic E-state index is 11.2. The Morgan fingerprint density at radius 3 is 2.70 bits per heavy atom. The molecule has 2 rings (SSSR count). The number of aromatic carboxylic acids is 1. The molecule has 0 saturated carbocycles. The number of rotatable bonds is 4.